The highest BCUT2D eigenvalue weighted by Gasteiger charge is 2.72. The van der Waals surface area contributed by atoms with E-state index in [1.165, 1.54) is 13.5 Å². The molecule has 2 saturated carbocycles. The van der Waals surface area contributed by atoms with E-state index in [1.807, 2.05) is 55.1 Å². The van der Waals surface area contributed by atoms with Crippen LogP contribution in [0.3, 0.4) is 0 Å². The molecule has 4 atom stereocenters. The summed E-state index contributed by atoms with van der Waals surface area (Å²) < 4.78 is 27.0. The van der Waals surface area contributed by atoms with Crippen LogP contribution in [0.5, 0.6) is 5.75 Å². The van der Waals surface area contributed by atoms with Crippen LogP contribution in [0.1, 0.15) is 59.2 Å². The molecule has 2 aromatic carbocycles. The molecule has 7 nitrogen and oxygen atoms in total. The monoisotopic (exact) mass is 603 g/mol. The Kier molecular flexibility index (Phi) is 7.19. The number of aromatic nitrogens is 1. The average molecular weight is 604 g/mol. The normalized spacial score (nSPS) is 25.8. The number of amides is 1. The summed E-state index contributed by atoms with van der Waals surface area (Å²) in [5, 5.41) is 0.316. The van der Waals surface area contributed by atoms with Crippen LogP contribution in [0, 0.1) is 42.1 Å². The number of benzene rings is 2. The first-order valence-electron chi connectivity index (χ1n) is 15.4. The van der Waals surface area contributed by atoms with Gasteiger partial charge in [-0.15, -0.1) is 0 Å². The maximum atomic E-state index is 15.6. The van der Waals surface area contributed by atoms with Crippen LogP contribution in [0.2, 0.25) is 0 Å². The van der Waals surface area contributed by atoms with Crippen molar-refractivity contribution in [3.05, 3.63) is 63.8 Å². The van der Waals surface area contributed by atoms with E-state index < -0.39 is 0 Å². The molecule has 3 aromatic rings. The lowest BCUT2D eigenvalue weighted by Gasteiger charge is -2.64. The van der Waals surface area contributed by atoms with Gasteiger partial charge in [-0.2, -0.15) is 4.39 Å². The van der Waals surface area contributed by atoms with Gasteiger partial charge in [0, 0.05) is 37.3 Å². The molecule has 2 aliphatic carbocycles. The molecule has 2 saturated heterocycles. The minimum absolute atomic E-state index is 0.0507. The molecule has 9 heteroatoms. The number of likely N-dealkylation sites (tertiary alicyclic amines) is 1. The first kappa shape index (κ1) is 28.3. The van der Waals surface area contributed by atoms with Crippen LogP contribution in [-0.2, 0) is 16.1 Å². The minimum atomic E-state index is -0.339. The van der Waals surface area contributed by atoms with Gasteiger partial charge < -0.3 is 19.3 Å². The van der Waals surface area contributed by atoms with Gasteiger partial charge in [0.25, 0.3) is 5.91 Å². The molecule has 4 fully saturated rings. The molecular weight excluding hydrogens is 565 g/mol. The smallest absolute Gasteiger partial charge is 0.309 e. The summed E-state index contributed by atoms with van der Waals surface area (Å²) in [6.45, 7) is 7.43. The Labute approximate surface area is 256 Å². The summed E-state index contributed by atoms with van der Waals surface area (Å²) >= 11 is 1.07. The van der Waals surface area contributed by atoms with Crippen molar-refractivity contribution in [2.45, 2.75) is 52.6 Å². The number of ether oxygens (including phenoxy) is 2. The van der Waals surface area contributed by atoms with E-state index in [1.54, 1.807) is 0 Å². The average Bonchev–Trinajstić information content (AvgIpc) is 3.59. The predicted octanol–water partition coefficient (Wildman–Crippen LogP) is 6.41. The summed E-state index contributed by atoms with van der Waals surface area (Å²) in [6, 6.07) is 11.5. The van der Waals surface area contributed by atoms with Gasteiger partial charge in [0.15, 0.2) is 5.13 Å². The number of hydrogen-bond acceptors (Lipinski definition) is 7. The van der Waals surface area contributed by atoms with Crippen LogP contribution in [0.25, 0.3) is 11.3 Å². The Morgan fingerprint density at radius 3 is 2.63 bits per heavy atom. The quantitative estimate of drug-likeness (QED) is 0.291. The third-order valence-electron chi connectivity index (χ3n) is 10.5. The van der Waals surface area contributed by atoms with Gasteiger partial charge in [-0.25, -0.2) is 4.98 Å². The molecule has 4 unspecified atom stereocenters. The Morgan fingerprint density at radius 2 is 1.91 bits per heavy atom. The number of aryl methyl sites for hydroxylation is 2. The number of piperidine rings is 1. The second-order valence-electron chi connectivity index (χ2n) is 12.8. The van der Waals surface area contributed by atoms with Crippen molar-refractivity contribution in [3.8, 4) is 17.0 Å². The van der Waals surface area contributed by atoms with Gasteiger partial charge in [-0.1, -0.05) is 29.0 Å². The number of nitrogens with zero attached hydrogens (tertiary/aromatic N) is 3. The first-order chi connectivity index (χ1) is 20.8. The number of halogens is 1. The molecule has 1 amide bonds. The summed E-state index contributed by atoms with van der Waals surface area (Å²) in [5.41, 5.74) is 4.73. The fraction of sp³-hybridized carbons (Fsp3) is 0.500. The lowest BCUT2D eigenvalue weighted by atomic mass is 9.38. The zero-order chi connectivity index (χ0) is 29.9. The lowest BCUT2D eigenvalue weighted by Crippen LogP contribution is -2.65. The van der Waals surface area contributed by atoms with Gasteiger partial charge in [0.1, 0.15) is 18.1 Å². The van der Waals surface area contributed by atoms with Gasteiger partial charge >= 0.3 is 5.97 Å². The molecule has 4 aliphatic rings. The number of hydrogen-bond donors (Lipinski definition) is 0. The molecule has 0 radical (unpaired) electrons. The fourth-order valence-electron chi connectivity index (χ4n) is 8.05. The Balaban J connectivity index is 1.08. The Hall–Kier alpha value is -3.46. The van der Waals surface area contributed by atoms with Gasteiger partial charge in [0.2, 0.25) is 5.13 Å². The summed E-state index contributed by atoms with van der Waals surface area (Å²) in [4.78, 5) is 34.3. The zero-order valence-electron chi connectivity index (χ0n) is 25.0. The van der Waals surface area contributed by atoms with E-state index in [2.05, 4.69) is 4.90 Å². The van der Waals surface area contributed by atoms with E-state index in [4.69, 9.17) is 14.5 Å². The van der Waals surface area contributed by atoms with Crippen molar-refractivity contribution in [1.29, 1.82) is 0 Å². The van der Waals surface area contributed by atoms with E-state index in [9.17, 15) is 9.59 Å². The standard InChI is InChI=1S/C34H38FN3O4S/c1-20-7-10-27(42-18-23-9-8-22(16-21(23)2)31(39)37-13-5-4-6-14-37)24(15-20)29-30(35)43-33(36-29)38-17-26-28(32(40)41-3)25-11-12-34(25,26)19-38/h7-10,15-16,25-26,28H,4-6,11-14,17-19H2,1-3H3. The molecule has 1 spiro atoms. The number of carbonyl (C=O) groups excluding carboxylic acids is 2. The Bertz CT molecular complexity index is 1580. The number of anilines is 1. The molecule has 2 aliphatic heterocycles. The second kappa shape index (κ2) is 10.9. The summed E-state index contributed by atoms with van der Waals surface area (Å²) in [7, 11) is 1.46. The predicted molar refractivity (Wildman–Crippen MR) is 164 cm³/mol. The number of rotatable bonds is 7. The number of esters is 1. The van der Waals surface area contributed by atoms with Crippen molar-refractivity contribution in [3.63, 3.8) is 0 Å². The van der Waals surface area contributed by atoms with E-state index >= 15 is 4.39 Å². The van der Waals surface area contributed by atoms with Crippen molar-refractivity contribution in [1.82, 2.24) is 9.88 Å². The van der Waals surface area contributed by atoms with Crippen LogP contribution < -0.4 is 9.64 Å². The molecule has 1 aromatic heterocycles. The maximum absolute atomic E-state index is 15.6. The summed E-state index contributed by atoms with van der Waals surface area (Å²) in [5.74, 6) is 1.11. The molecular formula is C34H38FN3O4S. The summed E-state index contributed by atoms with van der Waals surface area (Å²) in [6.07, 6.45) is 5.47. The van der Waals surface area contributed by atoms with Crippen LogP contribution in [0.4, 0.5) is 9.52 Å². The van der Waals surface area contributed by atoms with Crippen LogP contribution in [-0.4, -0.2) is 55.0 Å². The zero-order valence-corrected chi connectivity index (χ0v) is 25.8. The highest BCUT2D eigenvalue weighted by molar-refractivity contribution is 7.14. The number of methoxy groups -OCH3 is 1. The highest BCUT2D eigenvalue weighted by atomic mass is 32.1. The van der Waals surface area contributed by atoms with E-state index in [0.29, 0.717) is 46.8 Å². The highest BCUT2D eigenvalue weighted by Crippen LogP contribution is 2.71. The molecule has 3 heterocycles. The third-order valence-corrected chi connectivity index (χ3v) is 11.4. The SMILES string of the molecule is COC(=O)C1C2CCC23CN(c2nc(-c4cc(C)ccc4OCc4ccc(C(=O)N5CCCCC5)cc4C)c(F)s2)CC13. The van der Waals surface area contributed by atoms with Crippen LogP contribution >= 0.6 is 11.3 Å². The molecule has 0 N–H and O–H groups in total. The first-order valence-corrected chi connectivity index (χ1v) is 16.2. The number of thiazole rings is 1. The topological polar surface area (TPSA) is 72.0 Å². The largest absolute Gasteiger partial charge is 0.488 e. The molecule has 226 valence electrons. The molecule has 0 bridgehead atoms. The van der Waals surface area contributed by atoms with Crippen molar-refractivity contribution in [2.75, 3.05) is 38.2 Å². The van der Waals surface area contributed by atoms with Crippen molar-refractivity contribution >= 4 is 28.3 Å². The minimum Gasteiger partial charge on any atom is -0.488 e. The van der Waals surface area contributed by atoms with Crippen molar-refractivity contribution in [2.24, 2.45) is 23.2 Å². The third kappa shape index (κ3) is 4.71. The lowest BCUT2D eigenvalue weighted by molar-refractivity contribution is -0.198. The number of carbonyl (C=O) groups is 2. The van der Waals surface area contributed by atoms with Gasteiger partial charge in [-0.05, 0) is 98.6 Å². The van der Waals surface area contributed by atoms with Gasteiger partial charge in [-0.3, -0.25) is 9.59 Å². The van der Waals surface area contributed by atoms with Crippen molar-refractivity contribution < 1.29 is 23.5 Å². The van der Waals surface area contributed by atoms with E-state index in [-0.39, 0.29) is 34.3 Å². The Morgan fingerprint density at radius 1 is 1.09 bits per heavy atom. The molecule has 7 rings (SSSR count). The van der Waals surface area contributed by atoms with Gasteiger partial charge in [0.05, 0.1) is 13.0 Å². The second-order valence-corrected chi connectivity index (χ2v) is 13.7. The van der Waals surface area contributed by atoms with E-state index in [0.717, 1.165) is 73.3 Å². The molecule has 43 heavy (non-hydrogen) atoms. The maximum Gasteiger partial charge on any atom is 0.309 e. The van der Waals surface area contributed by atoms with Crippen LogP contribution in [0.15, 0.2) is 36.4 Å². The fourth-order valence-corrected chi connectivity index (χ4v) is 8.87.